The molecule has 0 aliphatic rings. The van der Waals surface area contributed by atoms with Gasteiger partial charge in [-0.3, -0.25) is 0 Å². The largest absolute Gasteiger partial charge is 0.495 e. The summed E-state index contributed by atoms with van der Waals surface area (Å²) in [5.74, 6) is 0.914. The van der Waals surface area contributed by atoms with Crippen molar-refractivity contribution in [2.45, 2.75) is 6.92 Å². The lowest BCUT2D eigenvalue weighted by Crippen LogP contribution is -1.88. The molecule has 64 valence electrons. The second-order valence-electron chi connectivity index (χ2n) is 3.03. The molecule has 2 radical (unpaired) electrons. The van der Waals surface area contributed by atoms with E-state index in [0.717, 1.165) is 15.2 Å². The molecule has 0 fully saturated rings. The van der Waals surface area contributed by atoms with Crippen LogP contribution in [0.4, 0.5) is 0 Å². The Labute approximate surface area is 82.7 Å². The number of ether oxygens (including phenoxy) is 1. The van der Waals surface area contributed by atoms with Gasteiger partial charge in [-0.15, -0.1) is 11.3 Å². The number of benzene rings is 1. The first-order valence-corrected chi connectivity index (χ1v) is 4.86. The zero-order valence-electron chi connectivity index (χ0n) is 7.63. The summed E-state index contributed by atoms with van der Waals surface area (Å²) in [4.78, 5) is 0. The number of aryl methyl sites for hydroxylation is 1. The molecule has 1 aromatic carbocycles. The van der Waals surface area contributed by atoms with Gasteiger partial charge in [-0.1, -0.05) is 12.1 Å². The molecule has 0 unspecified atom stereocenters. The van der Waals surface area contributed by atoms with E-state index in [9.17, 15) is 0 Å². The average Bonchev–Trinajstić information content (AvgIpc) is 2.43. The van der Waals surface area contributed by atoms with Crippen LogP contribution < -0.4 is 9.51 Å². The Bertz CT molecular complexity index is 447. The summed E-state index contributed by atoms with van der Waals surface area (Å²) in [7, 11) is 7.41. The maximum Gasteiger partial charge on any atom is 0.136 e. The van der Waals surface area contributed by atoms with Crippen LogP contribution in [0.5, 0.6) is 5.75 Å². The smallest absolute Gasteiger partial charge is 0.136 e. The highest BCUT2D eigenvalue weighted by Gasteiger charge is 2.05. The zero-order valence-corrected chi connectivity index (χ0v) is 8.44. The number of thiophene rings is 1. The van der Waals surface area contributed by atoms with E-state index in [4.69, 9.17) is 12.6 Å². The van der Waals surface area contributed by atoms with Crippen LogP contribution in [0.2, 0.25) is 0 Å². The Balaban J connectivity index is 2.80. The van der Waals surface area contributed by atoms with Gasteiger partial charge in [-0.25, -0.2) is 0 Å². The molecule has 1 nitrogen and oxygen atoms in total. The molecule has 13 heavy (non-hydrogen) atoms. The van der Waals surface area contributed by atoms with Crippen molar-refractivity contribution in [2.75, 3.05) is 7.11 Å². The first-order valence-electron chi connectivity index (χ1n) is 4.04. The molecular weight excluding hydrogens is 179 g/mol. The van der Waals surface area contributed by atoms with Crippen molar-refractivity contribution in [3.63, 3.8) is 0 Å². The van der Waals surface area contributed by atoms with Crippen molar-refractivity contribution >= 4 is 34.0 Å². The van der Waals surface area contributed by atoms with Crippen molar-refractivity contribution in [2.24, 2.45) is 0 Å². The van der Waals surface area contributed by atoms with Gasteiger partial charge >= 0.3 is 0 Å². The molecule has 0 atom stereocenters. The highest BCUT2D eigenvalue weighted by Crippen LogP contribution is 2.30. The van der Waals surface area contributed by atoms with Crippen LogP contribution in [0, 0.1) is 6.92 Å². The fourth-order valence-corrected chi connectivity index (χ4v) is 2.34. The van der Waals surface area contributed by atoms with Crippen LogP contribution in [0.3, 0.4) is 0 Å². The van der Waals surface area contributed by atoms with Gasteiger partial charge in [-0.2, -0.15) is 0 Å². The van der Waals surface area contributed by atoms with Gasteiger partial charge in [0, 0.05) is 0 Å². The van der Waals surface area contributed by atoms with E-state index in [2.05, 4.69) is 13.0 Å². The molecule has 0 bridgehead atoms. The minimum Gasteiger partial charge on any atom is -0.495 e. The quantitative estimate of drug-likeness (QED) is 0.622. The first-order chi connectivity index (χ1) is 6.20. The third-order valence-corrected chi connectivity index (χ3v) is 2.96. The van der Waals surface area contributed by atoms with E-state index >= 15 is 0 Å². The lowest BCUT2D eigenvalue weighted by atomic mass is 10.1. The Morgan fingerprint density at radius 3 is 2.77 bits per heavy atom. The van der Waals surface area contributed by atoms with E-state index in [-0.39, 0.29) is 0 Å². The summed E-state index contributed by atoms with van der Waals surface area (Å²) in [5, 5.41) is 1.17. The maximum absolute atomic E-state index is 5.73. The third-order valence-electron chi connectivity index (χ3n) is 1.97. The van der Waals surface area contributed by atoms with Crippen molar-refractivity contribution in [3.05, 3.63) is 23.8 Å². The minimum atomic E-state index is 0.832. The molecule has 0 saturated carbocycles. The Hall–Kier alpha value is -0.955. The number of rotatable bonds is 1. The predicted octanol–water partition coefficient (Wildman–Crippen LogP) is 2.01. The topological polar surface area (TPSA) is 9.23 Å². The summed E-state index contributed by atoms with van der Waals surface area (Å²) >= 11 is 1.56. The lowest BCUT2D eigenvalue weighted by Gasteiger charge is -2.02. The molecule has 2 aromatic rings. The molecule has 0 aliphatic carbocycles. The summed E-state index contributed by atoms with van der Waals surface area (Å²) < 4.78 is 7.24. The normalized spacial score (nSPS) is 10.6. The standard InChI is InChI=1S/C10H9BOS/c1-6-3-7-5-9(11)13-10(7)8(4-6)12-2/h3-5H,1-2H3. The fourth-order valence-electron chi connectivity index (χ4n) is 1.44. The fraction of sp³-hybridized carbons (Fsp3) is 0.200. The Morgan fingerprint density at radius 2 is 2.08 bits per heavy atom. The lowest BCUT2D eigenvalue weighted by molar-refractivity contribution is 0.420. The maximum atomic E-state index is 5.73. The van der Waals surface area contributed by atoms with Gasteiger partial charge in [0.05, 0.1) is 11.8 Å². The summed E-state index contributed by atoms with van der Waals surface area (Å²) in [6.07, 6.45) is 0. The van der Waals surface area contributed by atoms with Gasteiger partial charge < -0.3 is 4.74 Å². The second kappa shape index (κ2) is 3.07. The SMILES string of the molecule is [B]c1cc2cc(C)cc(OC)c2s1. The molecular formula is C10H9BOS. The molecule has 3 heteroatoms. The Kier molecular flexibility index (Phi) is 2.04. The highest BCUT2D eigenvalue weighted by molar-refractivity contribution is 7.26. The third kappa shape index (κ3) is 1.44. The molecule has 0 N–H and O–H groups in total. The van der Waals surface area contributed by atoms with Gasteiger partial charge in [0.1, 0.15) is 13.6 Å². The van der Waals surface area contributed by atoms with Crippen LogP contribution in [0.1, 0.15) is 5.56 Å². The molecule has 1 aromatic heterocycles. The van der Waals surface area contributed by atoms with Gasteiger partial charge in [0.2, 0.25) is 0 Å². The van der Waals surface area contributed by atoms with Crippen LogP contribution in [-0.4, -0.2) is 15.0 Å². The predicted molar refractivity (Wildman–Crippen MR) is 58.5 cm³/mol. The monoisotopic (exact) mass is 188 g/mol. The van der Waals surface area contributed by atoms with Gasteiger partial charge in [0.15, 0.2) is 0 Å². The van der Waals surface area contributed by atoms with E-state index < -0.39 is 0 Å². The van der Waals surface area contributed by atoms with Crippen LogP contribution >= 0.6 is 11.3 Å². The van der Waals surface area contributed by atoms with Crippen LogP contribution in [0.25, 0.3) is 10.1 Å². The molecule has 0 aliphatic heterocycles. The number of fused-ring (bicyclic) bond motifs is 1. The van der Waals surface area contributed by atoms with E-state index in [0.29, 0.717) is 0 Å². The van der Waals surface area contributed by atoms with Crippen molar-refractivity contribution in [3.8, 4) is 5.75 Å². The molecule has 0 spiro atoms. The number of hydrogen-bond donors (Lipinski definition) is 0. The highest BCUT2D eigenvalue weighted by atomic mass is 32.1. The summed E-state index contributed by atoms with van der Waals surface area (Å²) in [5.41, 5.74) is 1.20. The Morgan fingerprint density at radius 1 is 1.31 bits per heavy atom. The van der Waals surface area contributed by atoms with Crippen molar-refractivity contribution < 1.29 is 4.74 Å². The minimum absolute atomic E-state index is 0.832. The number of methoxy groups -OCH3 is 1. The molecule has 1 heterocycles. The van der Waals surface area contributed by atoms with Crippen LogP contribution in [0.15, 0.2) is 18.2 Å². The second-order valence-corrected chi connectivity index (χ2v) is 4.12. The van der Waals surface area contributed by atoms with E-state index in [1.165, 1.54) is 10.9 Å². The van der Waals surface area contributed by atoms with Crippen molar-refractivity contribution in [1.29, 1.82) is 0 Å². The van der Waals surface area contributed by atoms with Gasteiger partial charge in [0.25, 0.3) is 0 Å². The van der Waals surface area contributed by atoms with E-state index in [1.54, 1.807) is 18.4 Å². The first kappa shape index (κ1) is 8.63. The van der Waals surface area contributed by atoms with Crippen LogP contribution in [-0.2, 0) is 0 Å². The summed E-state index contributed by atoms with van der Waals surface area (Å²) in [6.45, 7) is 2.05. The molecule has 0 amide bonds. The average molecular weight is 188 g/mol. The summed E-state index contributed by atoms with van der Waals surface area (Å²) in [6, 6.07) is 6.12. The number of hydrogen-bond acceptors (Lipinski definition) is 2. The van der Waals surface area contributed by atoms with Crippen molar-refractivity contribution in [1.82, 2.24) is 0 Å². The zero-order chi connectivity index (χ0) is 9.42. The molecule has 2 rings (SSSR count). The van der Waals surface area contributed by atoms with Gasteiger partial charge in [-0.05, 0) is 28.7 Å². The molecule has 0 saturated heterocycles. The van der Waals surface area contributed by atoms with E-state index in [1.807, 2.05) is 12.1 Å².